The molecule has 3 amide bonds. The van der Waals surface area contributed by atoms with E-state index in [4.69, 9.17) is 0 Å². The van der Waals surface area contributed by atoms with Gasteiger partial charge in [0.25, 0.3) is 5.91 Å². The van der Waals surface area contributed by atoms with Crippen molar-refractivity contribution in [2.75, 3.05) is 10.3 Å². The lowest BCUT2D eigenvalue weighted by Gasteiger charge is -2.45. The summed E-state index contributed by atoms with van der Waals surface area (Å²) in [5.41, 5.74) is 10.1. The number of imide groups is 1. The molecule has 0 unspecified atom stereocenters. The topological polar surface area (TPSA) is 71.4 Å². The maximum atomic E-state index is 14.0. The van der Waals surface area contributed by atoms with Crippen molar-refractivity contribution in [3.05, 3.63) is 124 Å². The Labute approximate surface area is 214 Å². The second-order valence-electron chi connectivity index (χ2n) is 10.2. The van der Waals surface area contributed by atoms with Gasteiger partial charge in [-0.1, -0.05) is 54.6 Å². The van der Waals surface area contributed by atoms with E-state index in [1.165, 1.54) is 4.90 Å². The number of aryl methyl sites for hydroxylation is 2. The largest absolute Gasteiger partial charge is 0.274 e. The molecule has 1 fully saturated rings. The minimum atomic E-state index is -0.454. The average Bonchev–Trinajstić information content (AvgIpc) is 3.38. The summed E-state index contributed by atoms with van der Waals surface area (Å²) in [7, 11) is 0. The summed E-state index contributed by atoms with van der Waals surface area (Å²) in [4.78, 5) is 42.4. The molecule has 1 saturated heterocycles. The summed E-state index contributed by atoms with van der Waals surface area (Å²) < 4.78 is 1.72. The highest BCUT2D eigenvalue weighted by molar-refractivity contribution is 6.23. The Balaban J connectivity index is 1.28. The predicted molar refractivity (Wildman–Crippen MR) is 140 cm³/mol. The zero-order valence-corrected chi connectivity index (χ0v) is 20.5. The molecule has 1 aliphatic heterocycles. The van der Waals surface area contributed by atoms with Crippen molar-refractivity contribution in [3.63, 3.8) is 0 Å². The van der Waals surface area contributed by atoms with Crippen LogP contribution in [0.1, 0.15) is 55.8 Å². The van der Waals surface area contributed by atoms with Crippen LogP contribution in [0, 0.1) is 25.7 Å². The number of rotatable bonds is 3. The summed E-state index contributed by atoms with van der Waals surface area (Å²) in [6.07, 6.45) is 0. The van der Waals surface area contributed by atoms with Gasteiger partial charge < -0.3 is 0 Å². The molecule has 37 heavy (non-hydrogen) atoms. The number of benzene rings is 3. The molecule has 0 radical (unpaired) electrons. The zero-order chi connectivity index (χ0) is 25.4. The minimum absolute atomic E-state index is 0.157. The Morgan fingerprint density at radius 1 is 0.676 bits per heavy atom. The second-order valence-corrected chi connectivity index (χ2v) is 10.2. The number of anilines is 1. The van der Waals surface area contributed by atoms with Crippen LogP contribution in [0.25, 0.3) is 0 Å². The van der Waals surface area contributed by atoms with Gasteiger partial charge in [0.15, 0.2) is 0 Å². The molecule has 182 valence electrons. The van der Waals surface area contributed by atoms with E-state index in [1.54, 1.807) is 28.9 Å². The summed E-state index contributed by atoms with van der Waals surface area (Å²) in [6.45, 7) is 3.83. The number of aromatic nitrogens is 1. The lowest BCUT2D eigenvalue weighted by molar-refractivity contribution is -0.122. The Hall–Kier alpha value is -4.45. The molecule has 6 nitrogen and oxygen atoms in total. The number of amides is 3. The van der Waals surface area contributed by atoms with E-state index < -0.39 is 11.8 Å². The van der Waals surface area contributed by atoms with E-state index in [0.717, 1.165) is 33.6 Å². The van der Waals surface area contributed by atoms with Crippen LogP contribution in [0.4, 0.5) is 5.69 Å². The number of nitrogens with zero attached hydrogens (tertiary/aromatic N) is 2. The Morgan fingerprint density at radius 2 is 1.16 bits per heavy atom. The molecule has 1 aromatic heterocycles. The van der Waals surface area contributed by atoms with Crippen molar-refractivity contribution >= 4 is 23.4 Å². The lowest BCUT2D eigenvalue weighted by atomic mass is 9.55. The molecular formula is C31H25N3O3. The first-order chi connectivity index (χ1) is 18.0. The van der Waals surface area contributed by atoms with Crippen LogP contribution in [0.15, 0.2) is 84.9 Å². The predicted octanol–water partition coefficient (Wildman–Crippen LogP) is 4.89. The van der Waals surface area contributed by atoms with Crippen LogP contribution in [-0.4, -0.2) is 22.4 Å². The maximum Gasteiger partial charge on any atom is 0.270 e. The molecule has 8 rings (SSSR count). The van der Waals surface area contributed by atoms with E-state index in [-0.39, 0.29) is 29.6 Å². The quantitative estimate of drug-likeness (QED) is 0.419. The van der Waals surface area contributed by atoms with E-state index in [0.29, 0.717) is 11.3 Å². The van der Waals surface area contributed by atoms with Crippen molar-refractivity contribution in [2.45, 2.75) is 25.7 Å². The maximum absolute atomic E-state index is 14.0. The van der Waals surface area contributed by atoms with E-state index in [1.807, 2.05) is 50.2 Å². The fourth-order valence-corrected chi connectivity index (χ4v) is 6.73. The molecule has 4 aliphatic rings. The minimum Gasteiger partial charge on any atom is -0.274 e. The highest BCUT2D eigenvalue weighted by atomic mass is 16.2. The molecule has 6 heteroatoms. The van der Waals surface area contributed by atoms with E-state index in [2.05, 4.69) is 29.7 Å². The van der Waals surface area contributed by atoms with Gasteiger partial charge in [0.05, 0.1) is 17.5 Å². The zero-order valence-electron chi connectivity index (χ0n) is 20.5. The molecule has 1 N–H and O–H groups in total. The molecule has 3 aromatic carbocycles. The average molecular weight is 488 g/mol. The highest BCUT2D eigenvalue weighted by Gasteiger charge is 2.61. The van der Waals surface area contributed by atoms with Gasteiger partial charge in [0, 0.05) is 28.8 Å². The van der Waals surface area contributed by atoms with Crippen molar-refractivity contribution in [3.8, 4) is 0 Å². The first-order valence-corrected chi connectivity index (χ1v) is 12.6. The fourth-order valence-electron chi connectivity index (χ4n) is 6.73. The monoisotopic (exact) mass is 487 g/mol. The summed E-state index contributed by atoms with van der Waals surface area (Å²) in [5, 5.41) is 0. The van der Waals surface area contributed by atoms with Gasteiger partial charge in [-0.3, -0.25) is 24.5 Å². The molecule has 0 saturated carbocycles. The van der Waals surface area contributed by atoms with Gasteiger partial charge >= 0.3 is 0 Å². The molecular weight excluding hydrogens is 462 g/mol. The van der Waals surface area contributed by atoms with Gasteiger partial charge in [0.2, 0.25) is 11.8 Å². The van der Waals surface area contributed by atoms with Crippen LogP contribution in [0.5, 0.6) is 0 Å². The SMILES string of the molecule is Cc1ccc(C)n1NC(=O)c1cccc(N2C(=O)[C@@H]3C4c5ccccc5C(c5ccccc54)[C@H]3C2=O)c1. The third kappa shape index (κ3) is 2.96. The third-order valence-electron chi connectivity index (χ3n) is 8.30. The van der Waals surface area contributed by atoms with Crippen LogP contribution in [0.2, 0.25) is 0 Å². The van der Waals surface area contributed by atoms with Gasteiger partial charge in [-0.2, -0.15) is 0 Å². The first-order valence-electron chi connectivity index (χ1n) is 12.6. The Kier molecular flexibility index (Phi) is 4.58. The van der Waals surface area contributed by atoms with Crippen LogP contribution >= 0.6 is 0 Å². The van der Waals surface area contributed by atoms with Gasteiger partial charge in [0.1, 0.15) is 0 Å². The van der Waals surface area contributed by atoms with Crippen molar-refractivity contribution in [1.82, 2.24) is 4.68 Å². The molecule has 2 heterocycles. The van der Waals surface area contributed by atoms with Gasteiger partial charge in [-0.25, -0.2) is 4.90 Å². The molecule has 2 bridgehead atoms. The van der Waals surface area contributed by atoms with Crippen molar-refractivity contribution in [2.24, 2.45) is 11.8 Å². The molecule has 4 aromatic rings. The number of hydrogen-bond acceptors (Lipinski definition) is 3. The number of carbonyl (C=O) groups excluding carboxylic acids is 3. The number of nitrogens with one attached hydrogen (secondary N) is 1. The number of hydrogen-bond donors (Lipinski definition) is 1. The summed E-state index contributed by atoms with van der Waals surface area (Å²) in [6, 6.07) is 27.0. The van der Waals surface area contributed by atoms with Crippen LogP contribution in [0.3, 0.4) is 0 Å². The third-order valence-corrected chi connectivity index (χ3v) is 8.30. The Morgan fingerprint density at radius 3 is 1.65 bits per heavy atom. The normalized spacial score (nSPS) is 23.0. The van der Waals surface area contributed by atoms with Crippen LogP contribution < -0.4 is 10.3 Å². The van der Waals surface area contributed by atoms with Crippen molar-refractivity contribution < 1.29 is 14.4 Å². The summed E-state index contributed by atoms with van der Waals surface area (Å²) >= 11 is 0. The van der Waals surface area contributed by atoms with E-state index in [9.17, 15) is 14.4 Å². The molecule has 2 atom stereocenters. The second kappa shape index (κ2) is 7.77. The fraction of sp³-hybridized carbons (Fsp3) is 0.194. The summed E-state index contributed by atoms with van der Waals surface area (Å²) in [5.74, 6) is -1.91. The smallest absolute Gasteiger partial charge is 0.270 e. The van der Waals surface area contributed by atoms with Gasteiger partial charge in [-0.05, 0) is 66.4 Å². The Bertz CT molecular complexity index is 1500. The standard InChI is InChI=1S/C31H25N3O3/c1-17-14-15-18(2)34(17)32-29(35)19-8-7-9-20(16-19)33-30(36)27-25-21-10-3-4-11-22(21)26(28(27)31(33)37)24-13-6-5-12-23(24)25/h3-16,25-28H,1-2H3,(H,32,35)/t25?,26?,27-,28-/m1/s1. The van der Waals surface area contributed by atoms with Crippen molar-refractivity contribution in [1.29, 1.82) is 0 Å². The van der Waals surface area contributed by atoms with Crippen LogP contribution in [-0.2, 0) is 9.59 Å². The van der Waals surface area contributed by atoms with E-state index >= 15 is 0 Å². The number of carbonyl (C=O) groups is 3. The highest BCUT2D eigenvalue weighted by Crippen LogP contribution is 2.61. The molecule has 0 spiro atoms. The first kappa shape index (κ1) is 21.8. The van der Waals surface area contributed by atoms with Gasteiger partial charge in [-0.15, -0.1) is 0 Å². The molecule has 3 aliphatic carbocycles. The lowest BCUT2D eigenvalue weighted by Crippen LogP contribution is -2.41.